The molecule has 0 aliphatic carbocycles. The summed E-state index contributed by atoms with van der Waals surface area (Å²) in [6, 6.07) is 1.44. The van der Waals surface area contributed by atoms with Crippen LogP contribution >= 0.6 is 0 Å². The molecule has 21 heavy (non-hydrogen) atoms. The van der Waals surface area contributed by atoms with Gasteiger partial charge in [-0.15, -0.1) is 0 Å². The number of aliphatic carboxylic acids is 1. The second-order valence-corrected chi connectivity index (χ2v) is 5.48. The summed E-state index contributed by atoms with van der Waals surface area (Å²) in [5.41, 5.74) is 1.36. The summed E-state index contributed by atoms with van der Waals surface area (Å²) in [5.74, 6) is -0.911. The number of carboxylic acid groups (broad SMARTS) is 1. The van der Waals surface area contributed by atoms with E-state index in [2.05, 4.69) is 10.4 Å². The summed E-state index contributed by atoms with van der Waals surface area (Å²) in [5, 5.41) is 16.1. The number of nitrogens with zero attached hydrogens (tertiary/aromatic N) is 2. The topological polar surface area (TPSA) is 84.2 Å². The van der Waals surface area contributed by atoms with E-state index < -0.39 is 5.97 Å². The minimum atomic E-state index is -0.902. The Balaban J connectivity index is 2.88. The molecule has 0 spiro atoms. The molecule has 1 heterocycles. The monoisotopic (exact) mass is 295 g/mol. The molecular formula is C15H25N3O3. The van der Waals surface area contributed by atoms with Crippen molar-refractivity contribution in [1.29, 1.82) is 0 Å². The van der Waals surface area contributed by atoms with Crippen LogP contribution in [-0.2, 0) is 11.3 Å². The number of aryl methyl sites for hydroxylation is 1. The molecule has 1 unspecified atom stereocenters. The molecule has 6 nitrogen and oxygen atoms in total. The van der Waals surface area contributed by atoms with Crippen molar-refractivity contribution in [2.75, 3.05) is 0 Å². The van der Waals surface area contributed by atoms with Crippen LogP contribution in [0.5, 0.6) is 0 Å². The van der Waals surface area contributed by atoms with E-state index in [1.54, 1.807) is 10.7 Å². The highest BCUT2D eigenvalue weighted by Crippen LogP contribution is 2.15. The Hall–Kier alpha value is -1.85. The Morgan fingerprint density at radius 3 is 2.52 bits per heavy atom. The Bertz CT molecular complexity index is 494. The number of aromatic nitrogens is 2. The highest BCUT2D eigenvalue weighted by Gasteiger charge is 2.20. The third-order valence-electron chi connectivity index (χ3n) is 3.32. The highest BCUT2D eigenvalue weighted by molar-refractivity contribution is 5.93. The Morgan fingerprint density at radius 1 is 1.38 bits per heavy atom. The van der Waals surface area contributed by atoms with Crippen molar-refractivity contribution in [1.82, 2.24) is 15.1 Å². The van der Waals surface area contributed by atoms with Gasteiger partial charge in [0.25, 0.3) is 5.91 Å². The zero-order chi connectivity index (χ0) is 16.0. The second kappa shape index (κ2) is 7.81. The number of carbonyl (C=O) groups excluding carboxylic acids is 1. The molecular weight excluding hydrogens is 270 g/mol. The molecule has 0 radical (unpaired) electrons. The molecule has 2 N–H and O–H groups in total. The lowest BCUT2D eigenvalue weighted by Crippen LogP contribution is -2.37. The van der Waals surface area contributed by atoms with E-state index in [9.17, 15) is 9.59 Å². The summed E-state index contributed by atoms with van der Waals surface area (Å²) >= 11 is 0. The van der Waals surface area contributed by atoms with Crippen LogP contribution in [0, 0.1) is 0 Å². The molecule has 1 aromatic rings. The molecule has 1 amide bonds. The number of carbonyl (C=O) groups is 2. The molecule has 6 heteroatoms. The summed E-state index contributed by atoms with van der Waals surface area (Å²) in [4.78, 5) is 23.2. The number of carboxylic acids is 1. The van der Waals surface area contributed by atoms with Crippen molar-refractivity contribution < 1.29 is 14.7 Å². The van der Waals surface area contributed by atoms with E-state index in [0.717, 1.165) is 12.1 Å². The Kier molecular flexibility index (Phi) is 6.39. The van der Waals surface area contributed by atoms with Gasteiger partial charge in [-0.2, -0.15) is 5.10 Å². The smallest absolute Gasteiger partial charge is 0.305 e. The molecule has 0 bridgehead atoms. The molecule has 0 fully saturated rings. The third-order valence-corrected chi connectivity index (χ3v) is 3.32. The molecule has 0 saturated carbocycles. The fraction of sp³-hybridized carbons (Fsp3) is 0.667. The standard InChI is InChI=1S/C15H25N3O3/c1-5-7-11(8-14(19)20)16-15(21)13-9-12(10(3)4)17-18(13)6-2/h9-11H,5-8H2,1-4H3,(H,16,21)(H,19,20). The van der Waals surface area contributed by atoms with Crippen LogP contribution < -0.4 is 5.32 Å². The van der Waals surface area contributed by atoms with Gasteiger partial charge in [-0.25, -0.2) is 0 Å². The van der Waals surface area contributed by atoms with E-state index in [0.29, 0.717) is 18.7 Å². The summed E-state index contributed by atoms with van der Waals surface area (Å²) in [6.07, 6.45) is 1.41. The average Bonchev–Trinajstić information content (AvgIpc) is 2.82. The van der Waals surface area contributed by atoms with Crippen LogP contribution in [0.15, 0.2) is 6.07 Å². The lowest BCUT2D eigenvalue weighted by molar-refractivity contribution is -0.137. The predicted octanol–water partition coefficient (Wildman–Crippen LogP) is 2.40. The van der Waals surface area contributed by atoms with Crippen molar-refractivity contribution in [3.63, 3.8) is 0 Å². The zero-order valence-electron chi connectivity index (χ0n) is 13.2. The van der Waals surface area contributed by atoms with Gasteiger partial charge in [0.15, 0.2) is 0 Å². The lowest BCUT2D eigenvalue weighted by Gasteiger charge is -2.16. The van der Waals surface area contributed by atoms with Crippen LogP contribution in [0.2, 0.25) is 0 Å². The van der Waals surface area contributed by atoms with Crippen LogP contribution in [0.25, 0.3) is 0 Å². The maximum absolute atomic E-state index is 12.4. The van der Waals surface area contributed by atoms with Gasteiger partial charge in [0.05, 0.1) is 12.1 Å². The summed E-state index contributed by atoms with van der Waals surface area (Å²) < 4.78 is 1.66. The maximum Gasteiger partial charge on any atom is 0.305 e. The molecule has 0 aromatic carbocycles. The number of amides is 1. The molecule has 0 saturated heterocycles. The third kappa shape index (κ3) is 4.88. The van der Waals surface area contributed by atoms with E-state index in [1.165, 1.54) is 0 Å². The van der Waals surface area contributed by atoms with Gasteiger partial charge in [-0.1, -0.05) is 27.2 Å². The number of hydrogen-bond acceptors (Lipinski definition) is 3. The van der Waals surface area contributed by atoms with Gasteiger partial charge < -0.3 is 10.4 Å². The first-order valence-corrected chi connectivity index (χ1v) is 7.49. The lowest BCUT2D eigenvalue weighted by atomic mass is 10.1. The molecule has 1 aromatic heterocycles. The van der Waals surface area contributed by atoms with E-state index in [1.807, 2.05) is 27.7 Å². The number of nitrogens with one attached hydrogen (secondary N) is 1. The van der Waals surface area contributed by atoms with Gasteiger partial charge in [0, 0.05) is 12.6 Å². The fourth-order valence-electron chi connectivity index (χ4n) is 2.19. The van der Waals surface area contributed by atoms with Gasteiger partial charge in [0.2, 0.25) is 0 Å². The van der Waals surface area contributed by atoms with Gasteiger partial charge in [-0.3, -0.25) is 14.3 Å². The largest absolute Gasteiger partial charge is 0.481 e. The van der Waals surface area contributed by atoms with E-state index in [4.69, 9.17) is 5.11 Å². The average molecular weight is 295 g/mol. The van der Waals surface area contributed by atoms with Crippen molar-refractivity contribution in [3.05, 3.63) is 17.5 Å². The first kappa shape index (κ1) is 17.2. The zero-order valence-corrected chi connectivity index (χ0v) is 13.2. The van der Waals surface area contributed by atoms with E-state index >= 15 is 0 Å². The first-order chi connectivity index (χ1) is 9.88. The maximum atomic E-state index is 12.4. The van der Waals surface area contributed by atoms with Gasteiger partial charge in [-0.05, 0) is 25.3 Å². The molecule has 1 rings (SSSR count). The minimum absolute atomic E-state index is 0.0587. The second-order valence-electron chi connectivity index (χ2n) is 5.48. The van der Waals surface area contributed by atoms with Crippen LogP contribution in [0.4, 0.5) is 0 Å². The first-order valence-electron chi connectivity index (χ1n) is 7.49. The minimum Gasteiger partial charge on any atom is -0.481 e. The predicted molar refractivity (Wildman–Crippen MR) is 80.4 cm³/mol. The summed E-state index contributed by atoms with van der Waals surface area (Å²) in [7, 11) is 0. The van der Waals surface area contributed by atoms with E-state index in [-0.39, 0.29) is 24.3 Å². The number of rotatable bonds is 8. The van der Waals surface area contributed by atoms with Crippen LogP contribution in [0.3, 0.4) is 0 Å². The van der Waals surface area contributed by atoms with Crippen LogP contribution in [0.1, 0.15) is 69.1 Å². The molecule has 0 aliphatic heterocycles. The molecule has 0 aliphatic rings. The highest BCUT2D eigenvalue weighted by atomic mass is 16.4. The van der Waals surface area contributed by atoms with Crippen molar-refractivity contribution >= 4 is 11.9 Å². The molecule has 118 valence electrons. The van der Waals surface area contributed by atoms with Gasteiger partial charge in [0.1, 0.15) is 5.69 Å². The van der Waals surface area contributed by atoms with Gasteiger partial charge >= 0.3 is 5.97 Å². The molecule has 1 atom stereocenters. The van der Waals surface area contributed by atoms with Crippen LogP contribution in [-0.4, -0.2) is 32.8 Å². The summed E-state index contributed by atoms with van der Waals surface area (Å²) in [6.45, 7) is 8.54. The van der Waals surface area contributed by atoms with Crippen molar-refractivity contribution in [3.8, 4) is 0 Å². The SMILES string of the molecule is CCCC(CC(=O)O)NC(=O)c1cc(C(C)C)nn1CC. The van der Waals surface area contributed by atoms with Crippen molar-refractivity contribution in [2.45, 2.75) is 65.5 Å². The Morgan fingerprint density at radius 2 is 2.05 bits per heavy atom. The Labute approximate surface area is 125 Å². The fourth-order valence-corrected chi connectivity index (χ4v) is 2.19. The number of hydrogen-bond donors (Lipinski definition) is 2. The van der Waals surface area contributed by atoms with Crippen molar-refractivity contribution in [2.24, 2.45) is 0 Å². The normalized spacial score (nSPS) is 12.4. The quantitative estimate of drug-likeness (QED) is 0.771.